The quantitative estimate of drug-likeness (QED) is 0.298. The number of rotatable bonds is 8. The standard InChI is InChI=1S/C20H19NO7/c1-24-16-5-2-14(3-6-16)11-21-28-13-20(23)27-12-17(22)15-4-7-18-19(10-15)26-9-8-25-18/h2-7,10-11H,8-9,12-13H2,1H3/b21-11-. The molecular formula is C20H19NO7. The number of Topliss-reactive ketones (excluding diaryl/α,β-unsaturated/α-hetero) is 1. The first kappa shape index (κ1) is 19.2. The lowest BCUT2D eigenvalue weighted by Crippen LogP contribution is -2.18. The molecule has 1 heterocycles. The van der Waals surface area contributed by atoms with Crippen LogP contribution in [0.25, 0.3) is 0 Å². The van der Waals surface area contributed by atoms with Crippen molar-refractivity contribution in [2.24, 2.45) is 5.16 Å². The predicted octanol–water partition coefficient (Wildman–Crippen LogP) is 2.24. The molecular weight excluding hydrogens is 366 g/mol. The SMILES string of the molecule is COc1ccc(/C=N\OCC(=O)OCC(=O)c2ccc3c(c2)OCCO3)cc1. The fourth-order valence-electron chi connectivity index (χ4n) is 2.37. The third-order valence-electron chi connectivity index (χ3n) is 3.80. The summed E-state index contributed by atoms with van der Waals surface area (Å²) in [6.07, 6.45) is 1.45. The van der Waals surface area contributed by atoms with Gasteiger partial charge in [-0.3, -0.25) is 4.79 Å². The van der Waals surface area contributed by atoms with Gasteiger partial charge < -0.3 is 23.8 Å². The number of fused-ring (bicyclic) bond motifs is 1. The smallest absolute Gasteiger partial charge is 0.347 e. The molecule has 1 aliphatic heterocycles. The molecule has 0 spiro atoms. The zero-order chi connectivity index (χ0) is 19.8. The van der Waals surface area contributed by atoms with Gasteiger partial charge in [-0.05, 0) is 48.0 Å². The Kier molecular flexibility index (Phi) is 6.46. The Hall–Kier alpha value is -3.55. The number of methoxy groups -OCH3 is 1. The first-order chi connectivity index (χ1) is 13.7. The highest BCUT2D eigenvalue weighted by Gasteiger charge is 2.16. The molecule has 0 fully saturated rings. The molecule has 0 aromatic heterocycles. The minimum atomic E-state index is -0.697. The summed E-state index contributed by atoms with van der Waals surface area (Å²) in [5, 5.41) is 3.69. The maximum Gasteiger partial charge on any atom is 0.347 e. The van der Waals surface area contributed by atoms with E-state index in [2.05, 4.69) is 5.16 Å². The van der Waals surface area contributed by atoms with Crippen molar-refractivity contribution in [1.82, 2.24) is 0 Å². The Labute approximate surface area is 161 Å². The van der Waals surface area contributed by atoms with Crippen LogP contribution in [0.2, 0.25) is 0 Å². The van der Waals surface area contributed by atoms with Crippen molar-refractivity contribution < 1.29 is 33.4 Å². The fraction of sp³-hybridized carbons (Fsp3) is 0.250. The molecule has 0 N–H and O–H groups in total. The van der Waals surface area contributed by atoms with Gasteiger partial charge >= 0.3 is 5.97 Å². The average molecular weight is 385 g/mol. The van der Waals surface area contributed by atoms with Gasteiger partial charge in [-0.2, -0.15) is 0 Å². The van der Waals surface area contributed by atoms with Gasteiger partial charge in [0.1, 0.15) is 19.0 Å². The molecule has 0 radical (unpaired) electrons. The Morgan fingerprint density at radius 2 is 1.79 bits per heavy atom. The molecule has 0 saturated carbocycles. The van der Waals surface area contributed by atoms with Crippen molar-refractivity contribution >= 4 is 18.0 Å². The average Bonchev–Trinajstić information content (AvgIpc) is 2.75. The summed E-state index contributed by atoms with van der Waals surface area (Å²) in [5.41, 5.74) is 1.15. The monoisotopic (exact) mass is 385 g/mol. The lowest BCUT2D eigenvalue weighted by Gasteiger charge is -2.18. The van der Waals surface area contributed by atoms with Crippen molar-refractivity contribution in [1.29, 1.82) is 0 Å². The number of carbonyl (C=O) groups is 2. The normalized spacial score (nSPS) is 12.5. The Bertz CT molecular complexity index is 861. The Balaban J connectivity index is 1.41. The van der Waals surface area contributed by atoms with Gasteiger partial charge in [0.2, 0.25) is 6.61 Å². The highest BCUT2D eigenvalue weighted by molar-refractivity contribution is 5.98. The molecule has 28 heavy (non-hydrogen) atoms. The molecule has 2 aromatic rings. The molecule has 0 aliphatic carbocycles. The molecule has 8 heteroatoms. The number of hydrogen-bond donors (Lipinski definition) is 0. The first-order valence-electron chi connectivity index (χ1n) is 8.53. The minimum Gasteiger partial charge on any atom is -0.497 e. The predicted molar refractivity (Wildman–Crippen MR) is 99.3 cm³/mol. The topological polar surface area (TPSA) is 92.7 Å². The zero-order valence-corrected chi connectivity index (χ0v) is 15.3. The van der Waals surface area contributed by atoms with Crippen molar-refractivity contribution in [3.63, 3.8) is 0 Å². The second kappa shape index (κ2) is 9.40. The van der Waals surface area contributed by atoms with Gasteiger partial charge in [-0.1, -0.05) is 5.16 Å². The van der Waals surface area contributed by atoms with E-state index in [-0.39, 0.29) is 5.78 Å². The van der Waals surface area contributed by atoms with Crippen LogP contribution < -0.4 is 14.2 Å². The second-order valence-corrected chi connectivity index (χ2v) is 5.72. The lowest BCUT2D eigenvalue weighted by atomic mass is 10.1. The van der Waals surface area contributed by atoms with E-state index < -0.39 is 19.2 Å². The van der Waals surface area contributed by atoms with Crippen LogP contribution in [0, 0.1) is 0 Å². The van der Waals surface area contributed by atoms with E-state index in [0.717, 1.165) is 11.3 Å². The van der Waals surface area contributed by atoms with Gasteiger partial charge in [-0.15, -0.1) is 0 Å². The van der Waals surface area contributed by atoms with Crippen molar-refractivity contribution in [3.05, 3.63) is 53.6 Å². The summed E-state index contributed by atoms with van der Waals surface area (Å²) < 4.78 is 20.8. The first-order valence-corrected chi connectivity index (χ1v) is 8.53. The van der Waals surface area contributed by atoms with E-state index >= 15 is 0 Å². The summed E-state index contributed by atoms with van der Waals surface area (Å²) in [5.74, 6) is 0.761. The molecule has 0 atom stereocenters. The number of carbonyl (C=O) groups excluding carboxylic acids is 2. The molecule has 1 aliphatic rings. The van der Waals surface area contributed by atoms with Crippen molar-refractivity contribution in [2.45, 2.75) is 0 Å². The number of ketones is 1. The fourth-order valence-corrected chi connectivity index (χ4v) is 2.37. The van der Waals surface area contributed by atoms with Gasteiger partial charge in [0.05, 0.1) is 13.3 Å². The van der Waals surface area contributed by atoms with Crippen LogP contribution in [-0.2, 0) is 14.4 Å². The molecule has 8 nitrogen and oxygen atoms in total. The van der Waals surface area contributed by atoms with Crippen LogP contribution in [0.5, 0.6) is 17.2 Å². The molecule has 0 unspecified atom stereocenters. The third kappa shape index (κ3) is 5.23. The third-order valence-corrected chi connectivity index (χ3v) is 3.80. The highest BCUT2D eigenvalue weighted by Crippen LogP contribution is 2.30. The number of hydrogen-bond acceptors (Lipinski definition) is 8. The second-order valence-electron chi connectivity index (χ2n) is 5.72. The van der Waals surface area contributed by atoms with Crippen LogP contribution >= 0.6 is 0 Å². The van der Waals surface area contributed by atoms with Crippen molar-refractivity contribution in [2.75, 3.05) is 33.5 Å². The number of benzene rings is 2. The largest absolute Gasteiger partial charge is 0.497 e. The van der Waals surface area contributed by atoms with E-state index in [1.807, 2.05) is 0 Å². The summed E-state index contributed by atoms with van der Waals surface area (Å²) in [4.78, 5) is 28.7. The van der Waals surface area contributed by atoms with Gasteiger partial charge in [0.15, 0.2) is 23.9 Å². The van der Waals surface area contributed by atoms with Gasteiger partial charge in [0, 0.05) is 5.56 Å². The number of nitrogens with zero attached hydrogens (tertiary/aromatic N) is 1. The highest BCUT2D eigenvalue weighted by atomic mass is 16.7. The Morgan fingerprint density at radius 1 is 1.04 bits per heavy atom. The number of ether oxygens (including phenoxy) is 4. The molecule has 0 saturated heterocycles. The molecule has 0 bridgehead atoms. The summed E-state index contributed by atoms with van der Waals surface area (Å²) in [7, 11) is 1.58. The summed E-state index contributed by atoms with van der Waals surface area (Å²) in [6, 6.07) is 11.9. The van der Waals surface area contributed by atoms with Crippen LogP contribution in [0.15, 0.2) is 47.6 Å². The van der Waals surface area contributed by atoms with Crippen LogP contribution in [0.1, 0.15) is 15.9 Å². The Morgan fingerprint density at radius 3 is 2.54 bits per heavy atom. The maximum atomic E-state index is 12.1. The minimum absolute atomic E-state index is 0.355. The van der Waals surface area contributed by atoms with Gasteiger partial charge in [0.25, 0.3) is 0 Å². The molecule has 2 aromatic carbocycles. The molecule has 146 valence electrons. The van der Waals surface area contributed by atoms with E-state index in [9.17, 15) is 9.59 Å². The zero-order valence-electron chi connectivity index (χ0n) is 15.3. The summed E-state index contributed by atoms with van der Waals surface area (Å²) >= 11 is 0. The van der Waals surface area contributed by atoms with Crippen LogP contribution in [0.4, 0.5) is 0 Å². The van der Waals surface area contributed by atoms with Gasteiger partial charge in [-0.25, -0.2) is 4.79 Å². The lowest BCUT2D eigenvalue weighted by molar-refractivity contribution is -0.147. The number of oxime groups is 1. The molecule has 0 amide bonds. The number of esters is 1. The summed E-state index contributed by atoms with van der Waals surface area (Å²) in [6.45, 7) is 0.0952. The van der Waals surface area contributed by atoms with Crippen LogP contribution in [0.3, 0.4) is 0 Å². The van der Waals surface area contributed by atoms with E-state index in [1.54, 1.807) is 49.6 Å². The van der Waals surface area contributed by atoms with Crippen LogP contribution in [-0.4, -0.2) is 51.5 Å². The van der Waals surface area contributed by atoms with E-state index in [1.165, 1.54) is 6.21 Å². The van der Waals surface area contributed by atoms with E-state index in [4.69, 9.17) is 23.8 Å². The maximum absolute atomic E-state index is 12.1. The van der Waals surface area contributed by atoms with Crippen molar-refractivity contribution in [3.8, 4) is 17.2 Å². The van der Waals surface area contributed by atoms with E-state index in [0.29, 0.717) is 30.3 Å². The molecule has 3 rings (SSSR count).